The van der Waals surface area contributed by atoms with Gasteiger partial charge in [0.05, 0.1) is 23.7 Å². The second-order valence-electron chi connectivity index (χ2n) is 6.29. The smallest absolute Gasteiger partial charge is 0.339 e. The van der Waals surface area contributed by atoms with E-state index in [2.05, 4.69) is 4.18 Å². The molecule has 1 unspecified atom stereocenters. The highest BCUT2D eigenvalue weighted by atomic mass is 32.2. The standard InChI is InChI=1S/C14H28N2O5S/c1-7-20-22(18,19)9-8-12(10-11(2)3)16(13(15)17)21-14(4,5)6/h8-9,11-12H,7,10H2,1-6H3,(H2,15,17). The maximum Gasteiger partial charge on any atom is 0.339 e. The van der Waals surface area contributed by atoms with Crippen molar-refractivity contribution in [2.45, 2.75) is 59.6 Å². The summed E-state index contributed by atoms with van der Waals surface area (Å²) in [4.78, 5) is 17.2. The fourth-order valence-corrected chi connectivity index (χ4v) is 2.48. The van der Waals surface area contributed by atoms with Crippen molar-refractivity contribution in [3.8, 4) is 0 Å². The Kier molecular flexibility index (Phi) is 8.06. The molecule has 0 rings (SSSR count). The SMILES string of the molecule is CCOS(=O)(=O)C=CC(CC(C)C)N(OC(C)(C)C)C(N)=O. The van der Waals surface area contributed by atoms with E-state index >= 15 is 0 Å². The van der Waals surface area contributed by atoms with Crippen molar-refractivity contribution in [1.29, 1.82) is 0 Å². The van der Waals surface area contributed by atoms with Crippen molar-refractivity contribution in [3.05, 3.63) is 11.5 Å². The average Bonchev–Trinajstić information content (AvgIpc) is 2.30. The molecule has 2 N–H and O–H groups in total. The lowest BCUT2D eigenvalue weighted by molar-refractivity contribution is -0.206. The average molecular weight is 336 g/mol. The molecule has 0 saturated heterocycles. The van der Waals surface area contributed by atoms with Crippen LogP contribution in [0.2, 0.25) is 0 Å². The van der Waals surface area contributed by atoms with Crippen molar-refractivity contribution < 1.29 is 22.2 Å². The zero-order valence-corrected chi connectivity index (χ0v) is 15.0. The minimum atomic E-state index is -3.78. The van der Waals surface area contributed by atoms with Crippen LogP contribution in [0.1, 0.15) is 48.0 Å². The van der Waals surface area contributed by atoms with E-state index in [4.69, 9.17) is 10.6 Å². The normalized spacial score (nSPS) is 14.5. The molecule has 22 heavy (non-hydrogen) atoms. The molecule has 0 aliphatic rings. The second kappa shape index (κ2) is 8.50. The maximum atomic E-state index is 11.7. The Morgan fingerprint density at radius 3 is 2.23 bits per heavy atom. The molecule has 0 aliphatic heterocycles. The number of hydrogen-bond acceptors (Lipinski definition) is 5. The molecule has 0 heterocycles. The fourth-order valence-electron chi connectivity index (χ4n) is 1.70. The van der Waals surface area contributed by atoms with Crippen LogP contribution in [0.3, 0.4) is 0 Å². The van der Waals surface area contributed by atoms with Gasteiger partial charge < -0.3 is 5.73 Å². The molecular weight excluding hydrogens is 308 g/mol. The van der Waals surface area contributed by atoms with E-state index < -0.39 is 27.8 Å². The Bertz CT molecular complexity index is 480. The maximum absolute atomic E-state index is 11.7. The van der Waals surface area contributed by atoms with E-state index in [9.17, 15) is 13.2 Å². The Morgan fingerprint density at radius 1 is 1.32 bits per heavy atom. The first-order valence-corrected chi connectivity index (χ1v) is 8.70. The molecule has 0 saturated carbocycles. The molecule has 2 amide bonds. The van der Waals surface area contributed by atoms with Crippen molar-refractivity contribution >= 4 is 16.1 Å². The van der Waals surface area contributed by atoms with Gasteiger partial charge in [-0.05, 0) is 46.1 Å². The van der Waals surface area contributed by atoms with Gasteiger partial charge in [0.25, 0.3) is 10.1 Å². The number of nitrogens with zero attached hydrogens (tertiary/aromatic N) is 1. The van der Waals surface area contributed by atoms with Gasteiger partial charge >= 0.3 is 6.03 Å². The van der Waals surface area contributed by atoms with Crippen LogP contribution in [0.15, 0.2) is 11.5 Å². The summed E-state index contributed by atoms with van der Waals surface area (Å²) in [6.07, 6.45) is 1.86. The van der Waals surface area contributed by atoms with E-state index in [0.717, 1.165) is 10.5 Å². The summed E-state index contributed by atoms with van der Waals surface area (Å²) in [7, 11) is -3.78. The zero-order chi connectivity index (χ0) is 17.6. The molecule has 0 aromatic carbocycles. The fraction of sp³-hybridized carbons (Fsp3) is 0.786. The van der Waals surface area contributed by atoms with E-state index in [-0.39, 0.29) is 12.5 Å². The molecule has 130 valence electrons. The molecule has 0 fully saturated rings. The number of urea groups is 1. The van der Waals surface area contributed by atoms with Crippen LogP contribution in [0, 0.1) is 5.92 Å². The number of primary amides is 1. The van der Waals surface area contributed by atoms with Crippen LogP contribution in [0.5, 0.6) is 0 Å². The molecule has 8 heteroatoms. The van der Waals surface area contributed by atoms with Gasteiger partial charge in [0.15, 0.2) is 0 Å². The molecule has 0 aromatic rings. The highest BCUT2D eigenvalue weighted by molar-refractivity contribution is 7.89. The Morgan fingerprint density at radius 2 is 1.86 bits per heavy atom. The van der Waals surface area contributed by atoms with E-state index in [1.165, 1.54) is 6.08 Å². The number of hydrogen-bond donors (Lipinski definition) is 1. The van der Waals surface area contributed by atoms with Gasteiger partial charge in [0.1, 0.15) is 0 Å². The summed E-state index contributed by atoms with van der Waals surface area (Å²) >= 11 is 0. The lowest BCUT2D eigenvalue weighted by Crippen LogP contribution is -2.47. The van der Waals surface area contributed by atoms with Gasteiger partial charge in [0, 0.05) is 0 Å². The second-order valence-corrected chi connectivity index (χ2v) is 7.79. The van der Waals surface area contributed by atoms with Crippen molar-refractivity contribution in [3.63, 3.8) is 0 Å². The zero-order valence-electron chi connectivity index (χ0n) is 14.2. The van der Waals surface area contributed by atoms with E-state index in [0.29, 0.717) is 6.42 Å². The Labute approximate surface area is 133 Å². The molecule has 0 radical (unpaired) electrons. The quantitative estimate of drug-likeness (QED) is 0.542. The first kappa shape index (κ1) is 20.9. The van der Waals surface area contributed by atoms with Crippen LogP contribution in [0.25, 0.3) is 0 Å². The van der Waals surface area contributed by atoms with Gasteiger partial charge in [-0.1, -0.05) is 13.8 Å². The van der Waals surface area contributed by atoms with Crippen LogP contribution < -0.4 is 5.73 Å². The van der Waals surface area contributed by atoms with Crippen LogP contribution in [0.4, 0.5) is 4.79 Å². The summed E-state index contributed by atoms with van der Waals surface area (Å²) in [5.74, 6) is 0.204. The third kappa shape index (κ3) is 9.01. The molecule has 0 aliphatic carbocycles. The number of rotatable bonds is 8. The topological polar surface area (TPSA) is 98.9 Å². The summed E-state index contributed by atoms with van der Waals surface area (Å²) in [6.45, 7) is 10.8. The third-order valence-electron chi connectivity index (χ3n) is 2.35. The van der Waals surface area contributed by atoms with Gasteiger partial charge in [-0.3, -0.25) is 9.02 Å². The summed E-state index contributed by atoms with van der Waals surface area (Å²) in [6, 6.07) is -1.38. The number of carbonyl (C=O) groups is 1. The monoisotopic (exact) mass is 336 g/mol. The van der Waals surface area contributed by atoms with Gasteiger partial charge in [-0.25, -0.2) is 4.79 Å². The Balaban J connectivity index is 5.39. The molecule has 0 bridgehead atoms. The van der Waals surface area contributed by atoms with Gasteiger partial charge in [-0.15, -0.1) is 0 Å². The van der Waals surface area contributed by atoms with E-state index in [1.807, 2.05) is 13.8 Å². The molecule has 0 spiro atoms. The van der Waals surface area contributed by atoms with Crippen LogP contribution in [-0.2, 0) is 19.1 Å². The Hall–Kier alpha value is -1.12. The highest BCUT2D eigenvalue weighted by Crippen LogP contribution is 2.19. The minimum absolute atomic E-state index is 0.0412. The number of hydroxylamine groups is 2. The largest absolute Gasteiger partial charge is 0.350 e. The first-order chi connectivity index (χ1) is 9.88. The highest BCUT2D eigenvalue weighted by Gasteiger charge is 2.27. The lowest BCUT2D eigenvalue weighted by Gasteiger charge is -2.33. The number of carbonyl (C=O) groups excluding carboxylic acids is 1. The van der Waals surface area contributed by atoms with Gasteiger partial charge in [0.2, 0.25) is 0 Å². The summed E-state index contributed by atoms with van der Waals surface area (Å²) < 4.78 is 27.9. The number of nitrogens with two attached hydrogens (primary N) is 1. The summed E-state index contributed by atoms with van der Waals surface area (Å²) in [5, 5.41) is 1.95. The van der Waals surface area contributed by atoms with E-state index in [1.54, 1.807) is 27.7 Å². The molecule has 0 aromatic heterocycles. The van der Waals surface area contributed by atoms with Crippen molar-refractivity contribution in [2.75, 3.05) is 6.61 Å². The first-order valence-electron chi connectivity index (χ1n) is 7.23. The summed E-state index contributed by atoms with van der Waals surface area (Å²) in [5.41, 5.74) is 4.72. The van der Waals surface area contributed by atoms with Crippen molar-refractivity contribution in [2.24, 2.45) is 11.7 Å². The van der Waals surface area contributed by atoms with Crippen LogP contribution in [-0.4, -0.2) is 37.8 Å². The lowest BCUT2D eigenvalue weighted by atomic mass is 10.0. The van der Waals surface area contributed by atoms with Crippen molar-refractivity contribution in [1.82, 2.24) is 5.06 Å². The third-order valence-corrected chi connectivity index (χ3v) is 3.41. The predicted octanol–water partition coefficient (Wildman–Crippen LogP) is 2.39. The molecule has 7 nitrogen and oxygen atoms in total. The van der Waals surface area contributed by atoms with Gasteiger partial charge in [-0.2, -0.15) is 13.5 Å². The minimum Gasteiger partial charge on any atom is -0.350 e. The number of amides is 2. The van der Waals surface area contributed by atoms with Crippen LogP contribution >= 0.6 is 0 Å². The predicted molar refractivity (Wildman–Crippen MR) is 85.2 cm³/mol. The molecule has 1 atom stereocenters. The molecular formula is C14H28N2O5S.